The van der Waals surface area contributed by atoms with Gasteiger partial charge in [-0.15, -0.1) is 12.4 Å². The van der Waals surface area contributed by atoms with Gasteiger partial charge in [-0.1, -0.05) is 26.0 Å². The predicted molar refractivity (Wildman–Crippen MR) is 78.0 cm³/mol. The maximum atomic E-state index is 5.55. The van der Waals surface area contributed by atoms with Crippen molar-refractivity contribution >= 4 is 18.1 Å². The summed E-state index contributed by atoms with van der Waals surface area (Å²) in [5.74, 6) is 0. The molecule has 4 heteroatoms. The normalized spacial score (nSPS) is 14.4. The molecule has 0 radical (unpaired) electrons. The third-order valence-electron chi connectivity index (χ3n) is 2.65. The van der Waals surface area contributed by atoms with Gasteiger partial charge in [-0.3, -0.25) is 0 Å². The molecule has 1 fully saturated rings. The van der Waals surface area contributed by atoms with Gasteiger partial charge < -0.3 is 16.0 Å². The van der Waals surface area contributed by atoms with Gasteiger partial charge in [0.25, 0.3) is 0 Å². The summed E-state index contributed by atoms with van der Waals surface area (Å²) in [6.07, 6.45) is 0. The second kappa shape index (κ2) is 9.28. The first-order valence-electron chi connectivity index (χ1n) is 6.15. The molecular weight excluding hydrogens is 234 g/mol. The van der Waals surface area contributed by atoms with E-state index >= 15 is 0 Å². The standard InChI is InChI=1S/C11H17N3.C2H6.ClH/c12-9-10-1-3-11(4-2-10)14-7-5-13-6-8-14;1-2;/h1-4,13H,5-9,12H2;1-2H3;1H. The van der Waals surface area contributed by atoms with Gasteiger partial charge in [-0.2, -0.15) is 0 Å². The first-order valence-corrected chi connectivity index (χ1v) is 6.15. The van der Waals surface area contributed by atoms with Crippen LogP contribution < -0.4 is 16.0 Å². The summed E-state index contributed by atoms with van der Waals surface area (Å²) in [6, 6.07) is 8.54. The highest BCUT2D eigenvalue weighted by Gasteiger charge is 2.09. The molecule has 0 amide bonds. The highest BCUT2D eigenvalue weighted by atomic mass is 35.5. The summed E-state index contributed by atoms with van der Waals surface area (Å²) in [7, 11) is 0. The van der Waals surface area contributed by atoms with Gasteiger partial charge in [0.05, 0.1) is 0 Å². The van der Waals surface area contributed by atoms with Crippen LogP contribution in [0, 0.1) is 0 Å². The molecule has 0 saturated carbocycles. The summed E-state index contributed by atoms with van der Waals surface area (Å²) in [6.45, 7) is 8.99. The average molecular weight is 258 g/mol. The van der Waals surface area contributed by atoms with E-state index in [1.807, 2.05) is 13.8 Å². The molecule has 1 aromatic rings. The Morgan fingerprint density at radius 1 is 1.12 bits per heavy atom. The van der Waals surface area contributed by atoms with Crippen LogP contribution >= 0.6 is 12.4 Å². The Morgan fingerprint density at radius 2 is 1.65 bits per heavy atom. The molecule has 0 bridgehead atoms. The molecule has 1 saturated heterocycles. The van der Waals surface area contributed by atoms with Gasteiger partial charge in [0, 0.05) is 38.4 Å². The molecule has 17 heavy (non-hydrogen) atoms. The Kier molecular flexibility index (Phi) is 8.86. The van der Waals surface area contributed by atoms with Crippen LogP contribution in [0.2, 0.25) is 0 Å². The molecule has 3 N–H and O–H groups in total. The molecular formula is C13H24ClN3. The van der Waals surface area contributed by atoms with Crippen LogP contribution in [0.25, 0.3) is 0 Å². The minimum Gasteiger partial charge on any atom is -0.369 e. The van der Waals surface area contributed by atoms with E-state index in [9.17, 15) is 0 Å². The molecule has 2 rings (SSSR count). The number of piperazine rings is 1. The zero-order chi connectivity index (χ0) is 11.8. The van der Waals surface area contributed by atoms with Crippen LogP contribution in [0.4, 0.5) is 5.69 Å². The van der Waals surface area contributed by atoms with E-state index in [0.29, 0.717) is 6.54 Å². The molecule has 1 aliphatic rings. The third-order valence-corrected chi connectivity index (χ3v) is 2.65. The van der Waals surface area contributed by atoms with Gasteiger partial charge in [0.2, 0.25) is 0 Å². The van der Waals surface area contributed by atoms with Crippen LogP contribution in [-0.4, -0.2) is 26.2 Å². The van der Waals surface area contributed by atoms with Crippen LogP contribution in [0.15, 0.2) is 24.3 Å². The number of anilines is 1. The SMILES string of the molecule is CC.Cl.NCc1ccc(N2CCNCC2)cc1. The van der Waals surface area contributed by atoms with E-state index in [4.69, 9.17) is 5.73 Å². The largest absolute Gasteiger partial charge is 0.369 e. The van der Waals surface area contributed by atoms with Crippen molar-refractivity contribution < 1.29 is 0 Å². The summed E-state index contributed by atoms with van der Waals surface area (Å²) < 4.78 is 0. The molecule has 0 aromatic heterocycles. The number of nitrogens with one attached hydrogen (secondary N) is 1. The molecule has 0 aliphatic carbocycles. The van der Waals surface area contributed by atoms with Crippen molar-refractivity contribution in [1.29, 1.82) is 0 Å². The van der Waals surface area contributed by atoms with Crippen LogP contribution in [-0.2, 0) is 6.54 Å². The van der Waals surface area contributed by atoms with Crippen LogP contribution in [0.5, 0.6) is 0 Å². The number of halogens is 1. The van der Waals surface area contributed by atoms with Crippen molar-refractivity contribution in [1.82, 2.24) is 5.32 Å². The van der Waals surface area contributed by atoms with Crippen molar-refractivity contribution in [3.8, 4) is 0 Å². The number of rotatable bonds is 2. The molecule has 1 aliphatic heterocycles. The molecule has 1 heterocycles. The van der Waals surface area contributed by atoms with Crippen molar-refractivity contribution in [3.63, 3.8) is 0 Å². The Morgan fingerprint density at radius 3 is 2.12 bits per heavy atom. The second-order valence-corrected chi connectivity index (χ2v) is 3.61. The molecule has 0 spiro atoms. The fraction of sp³-hybridized carbons (Fsp3) is 0.538. The van der Waals surface area contributed by atoms with E-state index in [1.54, 1.807) is 0 Å². The molecule has 1 aromatic carbocycles. The number of benzene rings is 1. The second-order valence-electron chi connectivity index (χ2n) is 3.61. The first kappa shape index (κ1) is 16.2. The van der Waals surface area contributed by atoms with Gasteiger partial charge in [0.15, 0.2) is 0 Å². The number of nitrogens with two attached hydrogens (primary N) is 1. The maximum Gasteiger partial charge on any atom is 0.0367 e. The predicted octanol–water partition coefficient (Wildman–Crippen LogP) is 2.00. The summed E-state index contributed by atoms with van der Waals surface area (Å²) in [5.41, 5.74) is 8.06. The number of hydrogen-bond acceptors (Lipinski definition) is 3. The summed E-state index contributed by atoms with van der Waals surface area (Å²) in [5, 5.41) is 3.35. The van der Waals surface area contributed by atoms with Gasteiger partial charge in [0.1, 0.15) is 0 Å². The van der Waals surface area contributed by atoms with E-state index in [-0.39, 0.29) is 12.4 Å². The van der Waals surface area contributed by atoms with Crippen molar-refractivity contribution in [2.75, 3.05) is 31.1 Å². The fourth-order valence-electron chi connectivity index (χ4n) is 1.77. The average Bonchev–Trinajstić information content (AvgIpc) is 2.42. The minimum absolute atomic E-state index is 0. The maximum absolute atomic E-state index is 5.55. The Labute approximate surface area is 111 Å². The third kappa shape index (κ3) is 4.94. The summed E-state index contributed by atoms with van der Waals surface area (Å²) >= 11 is 0. The van der Waals surface area contributed by atoms with E-state index in [1.165, 1.54) is 11.3 Å². The Bertz CT molecular complexity index is 281. The van der Waals surface area contributed by atoms with Gasteiger partial charge in [-0.25, -0.2) is 0 Å². The first-order chi connectivity index (χ1) is 7.90. The molecule has 3 nitrogen and oxygen atoms in total. The molecule has 0 unspecified atom stereocenters. The van der Waals surface area contributed by atoms with E-state index < -0.39 is 0 Å². The topological polar surface area (TPSA) is 41.3 Å². The number of nitrogens with zero attached hydrogens (tertiary/aromatic N) is 1. The Balaban J connectivity index is 0.000000811. The molecule has 98 valence electrons. The lowest BCUT2D eigenvalue weighted by Gasteiger charge is -2.29. The van der Waals surface area contributed by atoms with Crippen LogP contribution in [0.3, 0.4) is 0 Å². The number of hydrogen-bond donors (Lipinski definition) is 2. The Hall–Kier alpha value is -0.770. The lowest BCUT2D eigenvalue weighted by molar-refractivity contribution is 0.589. The van der Waals surface area contributed by atoms with E-state index in [2.05, 4.69) is 34.5 Å². The monoisotopic (exact) mass is 257 g/mol. The van der Waals surface area contributed by atoms with Crippen LogP contribution in [0.1, 0.15) is 19.4 Å². The highest BCUT2D eigenvalue weighted by molar-refractivity contribution is 5.85. The highest BCUT2D eigenvalue weighted by Crippen LogP contribution is 2.15. The minimum atomic E-state index is 0. The van der Waals surface area contributed by atoms with Gasteiger partial charge in [-0.05, 0) is 17.7 Å². The van der Waals surface area contributed by atoms with E-state index in [0.717, 1.165) is 26.2 Å². The van der Waals surface area contributed by atoms with Crippen molar-refractivity contribution in [2.45, 2.75) is 20.4 Å². The smallest absolute Gasteiger partial charge is 0.0367 e. The zero-order valence-corrected chi connectivity index (χ0v) is 11.6. The van der Waals surface area contributed by atoms with Crippen molar-refractivity contribution in [2.24, 2.45) is 5.73 Å². The lowest BCUT2D eigenvalue weighted by Crippen LogP contribution is -2.43. The summed E-state index contributed by atoms with van der Waals surface area (Å²) in [4.78, 5) is 2.40. The lowest BCUT2D eigenvalue weighted by atomic mass is 10.2. The van der Waals surface area contributed by atoms with Crippen molar-refractivity contribution in [3.05, 3.63) is 29.8 Å². The molecule has 0 atom stereocenters. The quantitative estimate of drug-likeness (QED) is 0.852. The van der Waals surface area contributed by atoms with Gasteiger partial charge >= 0.3 is 0 Å². The zero-order valence-electron chi connectivity index (χ0n) is 10.8. The fourth-order valence-corrected chi connectivity index (χ4v) is 1.77.